The SMILES string of the molecule is CCC[C@]1(C2CCN(C[C@@H](C)CCC=C(C)C)CC2)NC(=O)N(CCc2ccccn2)C1=O. The highest BCUT2D eigenvalue weighted by Gasteiger charge is 2.55. The average molecular weight is 455 g/mol. The summed E-state index contributed by atoms with van der Waals surface area (Å²) in [5.74, 6) is 0.835. The summed E-state index contributed by atoms with van der Waals surface area (Å²) in [7, 11) is 0. The highest BCUT2D eigenvalue weighted by molar-refractivity contribution is 6.07. The van der Waals surface area contributed by atoms with Gasteiger partial charge in [-0.2, -0.15) is 0 Å². The lowest BCUT2D eigenvalue weighted by molar-refractivity contribution is -0.134. The van der Waals surface area contributed by atoms with Gasteiger partial charge in [0.15, 0.2) is 0 Å². The molecule has 1 N–H and O–H groups in total. The first-order valence-electron chi connectivity index (χ1n) is 12.8. The molecule has 1 aromatic heterocycles. The van der Waals surface area contributed by atoms with E-state index in [0.717, 1.165) is 51.0 Å². The van der Waals surface area contributed by atoms with Gasteiger partial charge in [-0.05, 0) is 83.0 Å². The first-order chi connectivity index (χ1) is 15.9. The summed E-state index contributed by atoms with van der Waals surface area (Å²) < 4.78 is 0. The Morgan fingerprint density at radius 1 is 1.27 bits per heavy atom. The third kappa shape index (κ3) is 6.44. The van der Waals surface area contributed by atoms with Gasteiger partial charge in [0.2, 0.25) is 0 Å². The van der Waals surface area contributed by atoms with E-state index in [0.29, 0.717) is 25.3 Å². The summed E-state index contributed by atoms with van der Waals surface area (Å²) in [6, 6.07) is 5.51. The minimum atomic E-state index is -0.739. The fraction of sp³-hybridized carbons (Fsp3) is 0.667. The number of hydrogen-bond donors (Lipinski definition) is 1. The van der Waals surface area contributed by atoms with Crippen molar-refractivity contribution in [2.24, 2.45) is 11.8 Å². The van der Waals surface area contributed by atoms with Crippen molar-refractivity contribution in [1.29, 1.82) is 0 Å². The Labute approximate surface area is 199 Å². The minimum absolute atomic E-state index is 0.0289. The van der Waals surface area contributed by atoms with Crippen LogP contribution in [0.3, 0.4) is 0 Å². The molecule has 0 spiro atoms. The summed E-state index contributed by atoms with van der Waals surface area (Å²) in [6.45, 7) is 12.2. The number of nitrogens with one attached hydrogen (secondary N) is 1. The largest absolute Gasteiger partial charge is 0.325 e. The van der Waals surface area contributed by atoms with Crippen LogP contribution < -0.4 is 5.32 Å². The van der Waals surface area contributed by atoms with Crippen LogP contribution in [0.1, 0.15) is 71.9 Å². The Morgan fingerprint density at radius 3 is 2.67 bits per heavy atom. The maximum atomic E-state index is 13.6. The van der Waals surface area contributed by atoms with Gasteiger partial charge in [-0.15, -0.1) is 0 Å². The van der Waals surface area contributed by atoms with Crippen LogP contribution in [0.15, 0.2) is 36.0 Å². The van der Waals surface area contributed by atoms with Crippen LogP contribution >= 0.6 is 0 Å². The van der Waals surface area contributed by atoms with E-state index >= 15 is 0 Å². The molecule has 0 aromatic carbocycles. The molecule has 33 heavy (non-hydrogen) atoms. The van der Waals surface area contributed by atoms with Gasteiger partial charge in [-0.3, -0.25) is 14.7 Å². The fourth-order valence-corrected chi connectivity index (χ4v) is 5.46. The van der Waals surface area contributed by atoms with Gasteiger partial charge in [0, 0.05) is 31.4 Å². The third-order valence-corrected chi connectivity index (χ3v) is 7.23. The third-order valence-electron chi connectivity index (χ3n) is 7.23. The first kappa shape index (κ1) is 25.4. The molecule has 0 bridgehead atoms. The molecule has 2 aliphatic heterocycles. The van der Waals surface area contributed by atoms with Crippen LogP contribution in [0, 0.1) is 11.8 Å². The molecule has 3 heterocycles. The van der Waals surface area contributed by atoms with Crippen LogP contribution in [0.5, 0.6) is 0 Å². The van der Waals surface area contributed by atoms with Gasteiger partial charge in [0.25, 0.3) is 5.91 Å². The number of pyridine rings is 1. The number of nitrogens with zero attached hydrogens (tertiary/aromatic N) is 3. The molecule has 0 unspecified atom stereocenters. The van der Waals surface area contributed by atoms with Gasteiger partial charge >= 0.3 is 6.03 Å². The van der Waals surface area contributed by atoms with Gasteiger partial charge in [0.1, 0.15) is 5.54 Å². The number of carbonyl (C=O) groups is 2. The second-order valence-corrected chi connectivity index (χ2v) is 10.2. The van der Waals surface area contributed by atoms with Gasteiger partial charge in [-0.25, -0.2) is 4.79 Å². The fourth-order valence-electron chi connectivity index (χ4n) is 5.46. The Morgan fingerprint density at radius 2 is 2.03 bits per heavy atom. The number of amides is 3. The molecule has 6 heteroatoms. The first-order valence-corrected chi connectivity index (χ1v) is 12.8. The number of urea groups is 1. The van der Waals surface area contributed by atoms with Crippen LogP contribution in [0.2, 0.25) is 0 Å². The van der Waals surface area contributed by atoms with E-state index in [9.17, 15) is 9.59 Å². The topological polar surface area (TPSA) is 65.5 Å². The van der Waals surface area contributed by atoms with Crippen molar-refractivity contribution in [1.82, 2.24) is 20.1 Å². The van der Waals surface area contributed by atoms with Gasteiger partial charge in [-0.1, -0.05) is 38.0 Å². The maximum Gasteiger partial charge on any atom is 0.325 e. The molecule has 2 fully saturated rings. The molecule has 3 rings (SSSR count). The summed E-state index contributed by atoms with van der Waals surface area (Å²) in [5, 5.41) is 3.16. The van der Waals surface area contributed by atoms with E-state index in [1.54, 1.807) is 6.20 Å². The maximum absolute atomic E-state index is 13.6. The van der Waals surface area contributed by atoms with Crippen LogP contribution in [0.25, 0.3) is 0 Å². The van der Waals surface area contributed by atoms with Gasteiger partial charge < -0.3 is 10.2 Å². The standard InChI is InChI=1S/C27H42N4O2/c1-5-15-27(23-12-17-30(18-13-23)20-22(4)10-8-9-21(2)3)25(32)31(26(33)29-27)19-14-24-11-6-7-16-28-24/h6-7,9,11,16,22-23H,5,8,10,12-15,17-20H2,1-4H3,(H,29,33)/t22-,27+/m0/s1. The zero-order valence-electron chi connectivity index (χ0n) is 21.0. The van der Waals surface area contributed by atoms with Crippen molar-refractivity contribution < 1.29 is 9.59 Å². The lowest BCUT2D eigenvalue weighted by Crippen LogP contribution is -2.56. The van der Waals surface area contributed by atoms with Crippen LogP contribution in [-0.4, -0.2) is 58.4 Å². The molecule has 2 aliphatic rings. The highest BCUT2D eigenvalue weighted by Crippen LogP contribution is 2.37. The van der Waals surface area contributed by atoms with Crippen LogP contribution in [-0.2, 0) is 11.2 Å². The van der Waals surface area contributed by atoms with E-state index < -0.39 is 5.54 Å². The van der Waals surface area contributed by atoms with Crippen molar-refractivity contribution in [3.05, 3.63) is 41.7 Å². The number of carbonyl (C=O) groups excluding carboxylic acids is 2. The molecule has 0 radical (unpaired) electrons. The molecular formula is C27H42N4O2. The lowest BCUT2D eigenvalue weighted by atomic mass is 9.74. The Hall–Kier alpha value is -2.21. The number of likely N-dealkylation sites (tertiary alicyclic amines) is 1. The molecule has 6 nitrogen and oxygen atoms in total. The molecular weight excluding hydrogens is 412 g/mol. The van der Waals surface area contributed by atoms with E-state index in [1.165, 1.54) is 16.9 Å². The van der Waals surface area contributed by atoms with E-state index in [-0.39, 0.29) is 17.9 Å². The average Bonchev–Trinajstić information content (AvgIpc) is 3.03. The predicted molar refractivity (Wildman–Crippen MR) is 133 cm³/mol. The Balaban J connectivity index is 1.57. The van der Waals surface area contributed by atoms with E-state index in [4.69, 9.17) is 0 Å². The number of allylic oxidation sites excluding steroid dienone is 2. The summed E-state index contributed by atoms with van der Waals surface area (Å²) in [5.41, 5.74) is 1.55. The number of imide groups is 1. The van der Waals surface area contributed by atoms with Gasteiger partial charge in [0.05, 0.1) is 0 Å². The minimum Gasteiger partial charge on any atom is -0.323 e. The zero-order chi connectivity index (χ0) is 23.8. The summed E-state index contributed by atoms with van der Waals surface area (Å²) >= 11 is 0. The number of aromatic nitrogens is 1. The van der Waals surface area contributed by atoms with Crippen molar-refractivity contribution in [3.63, 3.8) is 0 Å². The Kier molecular flexibility index (Phi) is 9.07. The van der Waals surface area contributed by atoms with E-state index in [1.807, 2.05) is 18.2 Å². The summed E-state index contributed by atoms with van der Waals surface area (Å²) in [4.78, 5) is 34.8. The molecule has 1 aromatic rings. The number of rotatable bonds is 11. The monoisotopic (exact) mass is 454 g/mol. The quantitative estimate of drug-likeness (QED) is 0.385. The molecule has 0 saturated carbocycles. The van der Waals surface area contributed by atoms with Crippen LogP contribution in [0.4, 0.5) is 4.79 Å². The summed E-state index contributed by atoms with van der Waals surface area (Å²) in [6.07, 6.45) is 10.5. The number of piperidine rings is 1. The molecule has 2 saturated heterocycles. The normalized spacial score (nSPS) is 23.0. The molecule has 182 valence electrons. The zero-order valence-corrected chi connectivity index (χ0v) is 21.0. The van der Waals surface area contributed by atoms with Crippen molar-refractivity contribution in [2.75, 3.05) is 26.2 Å². The highest BCUT2D eigenvalue weighted by atomic mass is 16.2. The van der Waals surface area contributed by atoms with Crippen molar-refractivity contribution in [2.45, 2.75) is 78.2 Å². The second-order valence-electron chi connectivity index (χ2n) is 10.2. The van der Waals surface area contributed by atoms with E-state index in [2.05, 4.69) is 49.0 Å². The molecule has 3 amide bonds. The number of hydrogen-bond acceptors (Lipinski definition) is 4. The Bertz CT molecular complexity index is 813. The molecule has 2 atom stereocenters. The smallest absolute Gasteiger partial charge is 0.323 e. The molecule has 0 aliphatic carbocycles. The van der Waals surface area contributed by atoms with Crippen molar-refractivity contribution in [3.8, 4) is 0 Å². The lowest BCUT2D eigenvalue weighted by Gasteiger charge is -2.41. The second kappa shape index (κ2) is 11.8. The van der Waals surface area contributed by atoms with Crippen molar-refractivity contribution >= 4 is 11.9 Å². The predicted octanol–water partition coefficient (Wildman–Crippen LogP) is 4.81.